The number of aryl methyl sites for hydroxylation is 1. The molecule has 92 valence electrons. The Morgan fingerprint density at radius 2 is 2.12 bits per heavy atom. The molecule has 0 saturated heterocycles. The third kappa shape index (κ3) is 2.45. The van der Waals surface area contributed by atoms with E-state index < -0.39 is 0 Å². The zero-order valence-electron chi connectivity index (χ0n) is 10.7. The quantitative estimate of drug-likeness (QED) is 0.874. The van der Waals surface area contributed by atoms with E-state index >= 15 is 0 Å². The molecule has 3 heteroatoms. The Labute approximate surface area is 107 Å². The predicted octanol–water partition coefficient (Wildman–Crippen LogP) is 3.58. The van der Waals surface area contributed by atoms with E-state index in [0.717, 1.165) is 25.3 Å². The third-order valence-corrected chi connectivity index (χ3v) is 4.17. The summed E-state index contributed by atoms with van der Waals surface area (Å²) < 4.78 is 6.61. The SMILES string of the molecule is CCNCc1sc2cc(OC)ccc2c1CC. The number of benzene rings is 1. The Morgan fingerprint density at radius 1 is 1.29 bits per heavy atom. The van der Waals surface area contributed by atoms with Gasteiger partial charge in [-0.2, -0.15) is 0 Å². The van der Waals surface area contributed by atoms with Crippen molar-refractivity contribution in [1.82, 2.24) is 5.32 Å². The number of hydrogen-bond donors (Lipinski definition) is 1. The van der Waals surface area contributed by atoms with Gasteiger partial charge in [-0.3, -0.25) is 0 Å². The molecule has 2 rings (SSSR count). The van der Waals surface area contributed by atoms with Crippen molar-refractivity contribution in [2.75, 3.05) is 13.7 Å². The van der Waals surface area contributed by atoms with Gasteiger partial charge in [-0.25, -0.2) is 0 Å². The first-order valence-electron chi connectivity index (χ1n) is 6.09. The standard InChI is InChI=1S/C14H19NOS/c1-4-11-12-7-6-10(16-3)8-13(12)17-14(11)9-15-5-2/h6-8,15H,4-5,9H2,1-3H3. The van der Waals surface area contributed by atoms with Crippen LogP contribution in [0.25, 0.3) is 10.1 Å². The van der Waals surface area contributed by atoms with Crippen LogP contribution in [0.3, 0.4) is 0 Å². The van der Waals surface area contributed by atoms with Gasteiger partial charge >= 0.3 is 0 Å². The van der Waals surface area contributed by atoms with Gasteiger partial charge in [0.25, 0.3) is 0 Å². The highest BCUT2D eigenvalue weighted by atomic mass is 32.1. The molecule has 0 amide bonds. The van der Waals surface area contributed by atoms with Crippen molar-refractivity contribution in [3.63, 3.8) is 0 Å². The summed E-state index contributed by atoms with van der Waals surface area (Å²) in [5, 5.41) is 4.79. The highest BCUT2D eigenvalue weighted by Crippen LogP contribution is 2.34. The summed E-state index contributed by atoms with van der Waals surface area (Å²) in [7, 11) is 1.72. The lowest BCUT2D eigenvalue weighted by molar-refractivity contribution is 0.415. The molecule has 2 aromatic rings. The van der Waals surface area contributed by atoms with E-state index in [-0.39, 0.29) is 0 Å². The topological polar surface area (TPSA) is 21.3 Å². The maximum atomic E-state index is 5.28. The molecule has 0 aliphatic rings. The van der Waals surface area contributed by atoms with Crippen molar-refractivity contribution < 1.29 is 4.74 Å². The van der Waals surface area contributed by atoms with E-state index in [1.54, 1.807) is 7.11 Å². The van der Waals surface area contributed by atoms with Crippen molar-refractivity contribution in [2.45, 2.75) is 26.8 Å². The van der Waals surface area contributed by atoms with Crippen LogP contribution >= 0.6 is 11.3 Å². The average molecular weight is 249 g/mol. The summed E-state index contributed by atoms with van der Waals surface area (Å²) in [6, 6.07) is 6.36. The fourth-order valence-corrected chi connectivity index (χ4v) is 3.37. The van der Waals surface area contributed by atoms with Crippen molar-refractivity contribution in [3.8, 4) is 5.75 Å². The summed E-state index contributed by atoms with van der Waals surface area (Å²) >= 11 is 1.88. The van der Waals surface area contributed by atoms with Gasteiger partial charge in [0.05, 0.1) is 7.11 Å². The monoisotopic (exact) mass is 249 g/mol. The molecule has 0 atom stereocenters. The Kier molecular flexibility index (Phi) is 4.02. The highest BCUT2D eigenvalue weighted by molar-refractivity contribution is 7.19. The minimum absolute atomic E-state index is 0.941. The maximum Gasteiger partial charge on any atom is 0.120 e. The molecule has 17 heavy (non-hydrogen) atoms. The number of thiophene rings is 1. The Hall–Kier alpha value is -1.06. The molecule has 1 aromatic carbocycles. The first-order valence-corrected chi connectivity index (χ1v) is 6.90. The van der Waals surface area contributed by atoms with Gasteiger partial charge in [0.2, 0.25) is 0 Å². The van der Waals surface area contributed by atoms with Crippen LogP contribution in [0.15, 0.2) is 18.2 Å². The van der Waals surface area contributed by atoms with E-state index in [1.165, 1.54) is 20.5 Å². The lowest BCUT2D eigenvalue weighted by Gasteiger charge is -2.02. The van der Waals surface area contributed by atoms with Crippen LogP contribution in [0.2, 0.25) is 0 Å². The molecule has 0 saturated carbocycles. The molecular formula is C14H19NOS. The molecule has 0 bridgehead atoms. The first kappa shape index (κ1) is 12.4. The van der Waals surface area contributed by atoms with Gasteiger partial charge in [-0.15, -0.1) is 11.3 Å². The van der Waals surface area contributed by atoms with Gasteiger partial charge < -0.3 is 10.1 Å². The molecule has 2 nitrogen and oxygen atoms in total. The molecule has 0 fully saturated rings. The fourth-order valence-electron chi connectivity index (χ4n) is 2.08. The van der Waals surface area contributed by atoms with Crippen molar-refractivity contribution in [3.05, 3.63) is 28.6 Å². The highest BCUT2D eigenvalue weighted by Gasteiger charge is 2.10. The number of ether oxygens (including phenoxy) is 1. The largest absolute Gasteiger partial charge is 0.497 e. The summed E-state index contributed by atoms with van der Waals surface area (Å²) in [5.74, 6) is 0.941. The van der Waals surface area contributed by atoms with E-state index in [4.69, 9.17) is 4.74 Å². The lowest BCUT2D eigenvalue weighted by atomic mass is 10.1. The van der Waals surface area contributed by atoms with Crippen LogP contribution in [-0.4, -0.2) is 13.7 Å². The van der Waals surface area contributed by atoms with Gasteiger partial charge in [0, 0.05) is 16.1 Å². The molecule has 0 aliphatic heterocycles. The van der Waals surface area contributed by atoms with E-state index in [2.05, 4.69) is 31.3 Å². The van der Waals surface area contributed by atoms with Crippen LogP contribution in [0, 0.1) is 0 Å². The summed E-state index contributed by atoms with van der Waals surface area (Å²) in [6.45, 7) is 6.35. The Bertz CT molecular complexity index is 504. The number of hydrogen-bond acceptors (Lipinski definition) is 3. The van der Waals surface area contributed by atoms with Gasteiger partial charge in [0.1, 0.15) is 5.75 Å². The van der Waals surface area contributed by atoms with Crippen LogP contribution in [0.4, 0.5) is 0 Å². The molecule has 0 aliphatic carbocycles. The number of rotatable bonds is 5. The van der Waals surface area contributed by atoms with E-state index in [0.29, 0.717) is 0 Å². The van der Waals surface area contributed by atoms with Crippen molar-refractivity contribution in [2.24, 2.45) is 0 Å². The molecule has 0 unspecified atom stereocenters. The average Bonchev–Trinajstić information content (AvgIpc) is 2.72. The van der Waals surface area contributed by atoms with Gasteiger partial charge in [-0.05, 0) is 42.1 Å². The molecule has 1 N–H and O–H groups in total. The lowest BCUT2D eigenvalue weighted by Crippen LogP contribution is -2.11. The molecule has 1 heterocycles. The van der Waals surface area contributed by atoms with Crippen molar-refractivity contribution in [1.29, 1.82) is 0 Å². The predicted molar refractivity (Wildman–Crippen MR) is 75.1 cm³/mol. The van der Waals surface area contributed by atoms with Crippen LogP contribution in [-0.2, 0) is 13.0 Å². The van der Waals surface area contributed by atoms with Crippen LogP contribution in [0.1, 0.15) is 24.3 Å². The smallest absolute Gasteiger partial charge is 0.120 e. The molecule has 1 aromatic heterocycles. The Balaban J connectivity index is 2.46. The van der Waals surface area contributed by atoms with Gasteiger partial charge in [0.15, 0.2) is 0 Å². The van der Waals surface area contributed by atoms with Crippen LogP contribution < -0.4 is 10.1 Å². The number of nitrogens with one attached hydrogen (secondary N) is 1. The summed E-state index contributed by atoms with van der Waals surface area (Å²) in [4.78, 5) is 1.46. The number of fused-ring (bicyclic) bond motifs is 1. The summed E-state index contributed by atoms with van der Waals surface area (Å²) in [5.41, 5.74) is 1.48. The minimum Gasteiger partial charge on any atom is -0.497 e. The second kappa shape index (κ2) is 5.52. The minimum atomic E-state index is 0.941. The fraction of sp³-hybridized carbons (Fsp3) is 0.429. The zero-order valence-corrected chi connectivity index (χ0v) is 11.5. The Morgan fingerprint density at radius 3 is 2.76 bits per heavy atom. The second-order valence-corrected chi connectivity index (χ2v) is 5.14. The van der Waals surface area contributed by atoms with E-state index in [1.807, 2.05) is 17.4 Å². The first-order chi connectivity index (χ1) is 8.30. The second-order valence-electron chi connectivity index (χ2n) is 4.00. The van der Waals surface area contributed by atoms with Gasteiger partial charge in [-0.1, -0.05) is 13.8 Å². The zero-order chi connectivity index (χ0) is 12.3. The number of methoxy groups -OCH3 is 1. The van der Waals surface area contributed by atoms with Crippen molar-refractivity contribution >= 4 is 21.4 Å². The third-order valence-electron chi connectivity index (χ3n) is 2.97. The van der Waals surface area contributed by atoms with E-state index in [9.17, 15) is 0 Å². The molecular weight excluding hydrogens is 230 g/mol. The summed E-state index contributed by atoms with van der Waals surface area (Å²) in [6.07, 6.45) is 1.09. The maximum absolute atomic E-state index is 5.28. The normalized spacial score (nSPS) is 11.0. The molecule has 0 radical (unpaired) electrons. The molecule has 0 spiro atoms. The van der Waals surface area contributed by atoms with Crippen LogP contribution in [0.5, 0.6) is 5.75 Å².